The number of carboxylic acids is 1. The number of carbonyl (C=O) groups is 1. The predicted octanol–water partition coefficient (Wildman–Crippen LogP) is 3.28. The summed E-state index contributed by atoms with van der Waals surface area (Å²) in [5.41, 5.74) is 3.96. The van der Waals surface area contributed by atoms with Crippen molar-refractivity contribution in [2.24, 2.45) is 11.8 Å². The van der Waals surface area contributed by atoms with Crippen molar-refractivity contribution in [3.05, 3.63) is 34.9 Å². The molecular weight excluding hydrogens is 250 g/mol. The Morgan fingerprint density at radius 3 is 2.80 bits per heavy atom. The molecule has 0 aliphatic heterocycles. The zero-order chi connectivity index (χ0) is 14.5. The normalized spacial score (nSPS) is 22.7. The molecule has 0 saturated heterocycles. The molecular formula is C17H25NO2. The fourth-order valence-corrected chi connectivity index (χ4v) is 3.17. The third-order valence-electron chi connectivity index (χ3n) is 4.67. The number of hydrogen-bond donors (Lipinski definition) is 2. The van der Waals surface area contributed by atoms with E-state index in [2.05, 4.69) is 37.4 Å². The van der Waals surface area contributed by atoms with Crippen molar-refractivity contribution >= 4 is 5.97 Å². The highest BCUT2D eigenvalue weighted by atomic mass is 16.4. The molecule has 2 rings (SSSR count). The number of aryl methyl sites for hydroxylation is 1. The van der Waals surface area contributed by atoms with E-state index in [0.717, 1.165) is 32.4 Å². The maximum atomic E-state index is 11.3. The molecule has 3 nitrogen and oxygen atoms in total. The van der Waals surface area contributed by atoms with E-state index in [0.29, 0.717) is 0 Å². The minimum absolute atomic E-state index is 0.158. The first-order valence-corrected chi connectivity index (χ1v) is 7.58. The Bertz CT molecular complexity index is 470. The molecule has 110 valence electrons. The Morgan fingerprint density at radius 1 is 1.30 bits per heavy atom. The lowest BCUT2D eigenvalue weighted by atomic mass is 9.79. The maximum Gasteiger partial charge on any atom is 0.306 e. The minimum Gasteiger partial charge on any atom is -0.481 e. The van der Waals surface area contributed by atoms with Crippen LogP contribution in [0.2, 0.25) is 0 Å². The fraction of sp³-hybridized carbons (Fsp3) is 0.588. The van der Waals surface area contributed by atoms with Gasteiger partial charge >= 0.3 is 5.97 Å². The SMILES string of the molecule is Cc1cccc(CNCC2CCCCC2C(=O)O)c1C. The van der Waals surface area contributed by atoms with E-state index < -0.39 is 5.97 Å². The molecule has 2 N–H and O–H groups in total. The molecule has 0 aromatic heterocycles. The van der Waals surface area contributed by atoms with Crippen molar-refractivity contribution in [3.8, 4) is 0 Å². The van der Waals surface area contributed by atoms with E-state index in [9.17, 15) is 9.90 Å². The van der Waals surface area contributed by atoms with Crippen LogP contribution in [0, 0.1) is 25.7 Å². The lowest BCUT2D eigenvalue weighted by Crippen LogP contribution is -2.34. The van der Waals surface area contributed by atoms with Gasteiger partial charge in [-0.15, -0.1) is 0 Å². The summed E-state index contributed by atoms with van der Waals surface area (Å²) in [5, 5.41) is 12.7. The second-order valence-corrected chi connectivity index (χ2v) is 5.98. The van der Waals surface area contributed by atoms with Crippen molar-refractivity contribution in [2.75, 3.05) is 6.54 Å². The van der Waals surface area contributed by atoms with Crippen LogP contribution in [0.4, 0.5) is 0 Å². The van der Waals surface area contributed by atoms with Crippen LogP contribution in [-0.2, 0) is 11.3 Å². The van der Waals surface area contributed by atoms with Crippen molar-refractivity contribution in [1.82, 2.24) is 5.32 Å². The van der Waals surface area contributed by atoms with Gasteiger partial charge in [-0.3, -0.25) is 4.79 Å². The summed E-state index contributed by atoms with van der Waals surface area (Å²) in [6.07, 6.45) is 4.10. The number of benzene rings is 1. The number of carboxylic acid groups (broad SMARTS) is 1. The lowest BCUT2D eigenvalue weighted by Gasteiger charge is -2.28. The molecule has 1 aliphatic carbocycles. The van der Waals surface area contributed by atoms with Gasteiger partial charge in [0, 0.05) is 6.54 Å². The zero-order valence-electron chi connectivity index (χ0n) is 12.5. The first-order chi connectivity index (χ1) is 9.59. The largest absolute Gasteiger partial charge is 0.481 e. The summed E-state index contributed by atoms with van der Waals surface area (Å²) in [7, 11) is 0. The standard InChI is InChI=1S/C17H25NO2/c1-12-6-5-8-14(13(12)2)10-18-11-15-7-3-4-9-16(15)17(19)20/h5-6,8,15-16,18H,3-4,7,9-11H2,1-2H3,(H,19,20). The Hall–Kier alpha value is -1.35. The van der Waals surface area contributed by atoms with Gasteiger partial charge in [-0.05, 0) is 55.8 Å². The maximum absolute atomic E-state index is 11.3. The highest BCUT2D eigenvalue weighted by Gasteiger charge is 2.30. The van der Waals surface area contributed by atoms with Crippen LogP contribution in [0.5, 0.6) is 0 Å². The summed E-state index contributed by atoms with van der Waals surface area (Å²) in [4.78, 5) is 11.3. The third-order valence-corrected chi connectivity index (χ3v) is 4.67. The van der Waals surface area contributed by atoms with Gasteiger partial charge in [0.15, 0.2) is 0 Å². The quantitative estimate of drug-likeness (QED) is 0.867. The predicted molar refractivity (Wildman–Crippen MR) is 80.7 cm³/mol. The van der Waals surface area contributed by atoms with E-state index in [4.69, 9.17) is 0 Å². The molecule has 0 radical (unpaired) electrons. The summed E-state index contributed by atoms with van der Waals surface area (Å²) in [5.74, 6) is -0.496. The Labute approximate surface area is 121 Å². The van der Waals surface area contributed by atoms with Crippen molar-refractivity contribution in [3.63, 3.8) is 0 Å². The molecule has 3 heteroatoms. The van der Waals surface area contributed by atoms with Gasteiger partial charge in [0.1, 0.15) is 0 Å². The van der Waals surface area contributed by atoms with Gasteiger partial charge in [0.2, 0.25) is 0 Å². The van der Waals surface area contributed by atoms with Gasteiger partial charge in [0.05, 0.1) is 5.92 Å². The van der Waals surface area contributed by atoms with Crippen LogP contribution in [-0.4, -0.2) is 17.6 Å². The van der Waals surface area contributed by atoms with E-state index >= 15 is 0 Å². The molecule has 1 aromatic carbocycles. The van der Waals surface area contributed by atoms with E-state index in [1.807, 2.05) is 0 Å². The molecule has 1 aromatic rings. The van der Waals surface area contributed by atoms with Gasteiger partial charge in [0.25, 0.3) is 0 Å². The Morgan fingerprint density at radius 2 is 2.05 bits per heavy atom. The monoisotopic (exact) mass is 275 g/mol. The topological polar surface area (TPSA) is 49.3 Å². The van der Waals surface area contributed by atoms with Gasteiger partial charge < -0.3 is 10.4 Å². The summed E-state index contributed by atoms with van der Waals surface area (Å²) in [6.45, 7) is 5.91. The Balaban J connectivity index is 1.88. The first-order valence-electron chi connectivity index (χ1n) is 7.58. The molecule has 1 saturated carbocycles. The molecule has 0 heterocycles. The molecule has 0 amide bonds. The highest BCUT2D eigenvalue weighted by molar-refractivity contribution is 5.70. The van der Waals surface area contributed by atoms with Crippen LogP contribution in [0.3, 0.4) is 0 Å². The van der Waals surface area contributed by atoms with Gasteiger partial charge in [-0.1, -0.05) is 31.0 Å². The van der Waals surface area contributed by atoms with E-state index in [-0.39, 0.29) is 11.8 Å². The van der Waals surface area contributed by atoms with E-state index in [1.165, 1.54) is 23.1 Å². The first kappa shape index (κ1) is 15.0. The van der Waals surface area contributed by atoms with Crippen molar-refractivity contribution < 1.29 is 9.90 Å². The fourth-order valence-electron chi connectivity index (χ4n) is 3.17. The van der Waals surface area contributed by atoms with E-state index in [1.54, 1.807) is 0 Å². The molecule has 1 aliphatic rings. The van der Waals surface area contributed by atoms with Crippen LogP contribution < -0.4 is 5.32 Å². The van der Waals surface area contributed by atoms with Crippen LogP contribution >= 0.6 is 0 Å². The van der Waals surface area contributed by atoms with Crippen LogP contribution in [0.15, 0.2) is 18.2 Å². The smallest absolute Gasteiger partial charge is 0.306 e. The molecule has 2 atom stereocenters. The zero-order valence-corrected chi connectivity index (χ0v) is 12.5. The van der Waals surface area contributed by atoms with Crippen molar-refractivity contribution in [2.45, 2.75) is 46.1 Å². The van der Waals surface area contributed by atoms with Crippen LogP contribution in [0.25, 0.3) is 0 Å². The van der Waals surface area contributed by atoms with Crippen molar-refractivity contribution in [1.29, 1.82) is 0 Å². The summed E-state index contributed by atoms with van der Waals surface area (Å²) >= 11 is 0. The second kappa shape index (κ2) is 6.89. The van der Waals surface area contributed by atoms with Gasteiger partial charge in [-0.25, -0.2) is 0 Å². The third kappa shape index (κ3) is 3.60. The number of rotatable bonds is 5. The molecule has 1 fully saturated rings. The van der Waals surface area contributed by atoms with Gasteiger partial charge in [-0.2, -0.15) is 0 Å². The summed E-state index contributed by atoms with van der Waals surface area (Å²) < 4.78 is 0. The summed E-state index contributed by atoms with van der Waals surface area (Å²) in [6, 6.07) is 6.35. The molecule has 20 heavy (non-hydrogen) atoms. The average Bonchev–Trinajstić information content (AvgIpc) is 2.44. The highest BCUT2D eigenvalue weighted by Crippen LogP contribution is 2.29. The lowest BCUT2D eigenvalue weighted by molar-refractivity contribution is -0.144. The second-order valence-electron chi connectivity index (χ2n) is 5.98. The number of nitrogens with one attached hydrogen (secondary N) is 1. The molecule has 2 unspecified atom stereocenters. The molecule has 0 spiro atoms. The van der Waals surface area contributed by atoms with Crippen LogP contribution in [0.1, 0.15) is 42.4 Å². The Kier molecular flexibility index (Phi) is 5.18. The minimum atomic E-state index is -0.622. The number of aliphatic carboxylic acids is 1. The number of hydrogen-bond acceptors (Lipinski definition) is 2. The molecule has 0 bridgehead atoms. The average molecular weight is 275 g/mol.